The predicted octanol–water partition coefficient (Wildman–Crippen LogP) is -3.58. The molecule has 4 unspecified atom stereocenters. The van der Waals surface area contributed by atoms with Crippen molar-refractivity contribution in [2.75, 3.05) is 19.6 Å². The van der Waals surface area contributed by atoms with Gasteiger partial charge in [0.25, 0.3) is 0 Å². The van der Waals surface area contributed by atoms with Crippen molar-refractivity contribution in [2.24, 2.45) is 33.7 Å². The molecule has 1 aliphatic heterocycles. The normalized spacial score (nSPS) is 17.5. The summed E-state index contributed by atoms with van der Waals surface area (Å²) in [5, 5.41) is 14.6. The largest absolute Gasteiger partial charge is 0.480 e. The van der Waals surface area contributed by atoms with Crippen molar-refractivity contribution in [1.29, 1.82) is 0 Å². The molecular weight excluding hydrogens is 474 g/mol. The van der Waals surface area contributed by atoms with Crippen molar-refractivity contribution in [3.05, 3.63) is 0 Å². The zero-order valence-corrected chi connectivity index (χ0v) is 20.4. The number of nitrogens with zero attached hydrogens (tertiary/aromatic N) is 2. The number of carboxylic acid groups (broad SMARTS) is 1. The number of primary amides is 1. The molecule has 0 radical (unpaired) electrons. The second-order valence-electron chi connectivity index (χ2n) is 8.66. The third-order valence-corrected chi connectivity index (χ3v) is 5.72. The van der Waals surface area contributed by atoms with E-state index in [1.807, 2.05) is 0 Å². The zero-order valence-electron chi connectivity index (χ0n) is 20.4. The number of guanidine groups is 1. The lowest BCUT2D eigenvalue weighted by atomic mass is 10.0. The molecule has 1 saturated heterocycles. The Morgan fingerprint density at radius 2 is 1.61 bits per heavy atom. The smallest absolute Gasteiger partial charge is 0.326 e. The number of nitrogens with two attached hydrogens (primary N) is 5. The van der Waals surface area contributed by atoms with Crippen molar-refractivity contribution >= 4 is 35.6 Å². The first-order valence-electron chi connectivity index (χ1n) is 11.9. The highest BCUT2D eigenvalue weighted by Gasteiger charge is 2.38. The van der Waals surface area contributed by atoms with Gasteiger partial charge in [0, 0.05) is 13.1 Å². The molecule has 15 heteroatoms. The molecule has 0 saturated carbocycles. The van der Waals surface area contributed by atoms with Crippen LogP contribution in [0.25, 0.3) is 0 Å². The molecule has 0 aromatic heterocycles. The Bertz CT molecular complexity index is 818. The van der Waals surface area contributed by atoms with Gasteiger partial charge in [0.05, 0.1) is 12.5 Å². The van der Waals surface area contributed by atoms with Crippen LogP contribution in [0.3, 0.4) is 0 Å². The summed E-state index contributed by atoms with van der Waals surface area (Å²) in [4.78, 5) is 66.6. The van der Waals surface area contributed by atoms with Crippen LogP contribution in [0.4, 0.5) is 0 Å². The van der Waals surface area contributed by atoms with E-state index < -0.39 is 60.2 Å². The van der Waals surface area contributed by atoms with E-state index in [1.165, 1.54) is 4.90 Å². The molecule has 13 N–H and O–H groups in total. The van der Waals surface area contributed by atoms with Gasteiger partial charge >= 0.3 is 5.97 Å². The van der Waals surface area contributed by atoms with Gasteiger partial charge in [-0.05, 0) is 51.5 Å². The van der Waals surface area contributed by atoms with Crippen LogP contribution in [0.15, 0.2) is 4.99 Å². The van der Waals surface area contributed by atoms with Crippen LogP contribution in [-0.2, 0) is 24.0 Å². The fourth-order valence-electron chi connectivity index (χ4n) is 3.87. The first-order valence-corrected chi connectivity index (χ1v) is 11.9. The minimum absolute atomic E-state index is 0.100. The van der Waals surface area contributed by atoms with Crippen LogP contribution in [0.1, 0.15) is 51.4 Å². The molecule has 4 amide bonds. The standard InChI is InChI=1S/C21H39N9O6/c22-8-2-1-5-14(19(34)30-10-4-7-15(30)20(35)36)29-18(33)13(6-3-9-27-21(25)26)28-17(32)12(23)11-16(24)31/h12-15H,1-11,22-23H2,(H2,24,31)(H,28,32)(H,29,33)(H,35,36)(H4,25,26,27). The molecule has 15 nitrogen and oxygen atoms in total. The van der Waals surface area contributed by atoms with Crippen LogP contribution in [0.2, 0.25) is 0 Å². The summed E-state index contributed by atoms with van der Waals surface area (Å²) in [7, 11) is 0. The van der Waals surface area contributed by atoms with E-state index in [9.17, 15) is 29.1 Å². The first kappa shape index (κ1) is 30.6. The Hall–Kier alpha value is -3.46. The van der Waals surface area contributed by atoms with Crippen molar-refractivity contribution in [3.63, 3.8) is 0 Å². The maximum atomic E-state index is 13.2. The Labute approximate surface area is 209 Å². The number of carbonyl (C=O) groups excluding carboxylic acids is 4. The number of rotatable bonds is 16. The molecule has 1 aliphatic rings. The van der Waals surface area contributed by atoms with Gasteiger partial charge in [0.2, 0.25) is 23.6 Å². The zero-order chi connectivity index (χ0) is 27.3. The first-order chi connectivity index (χ1) is 17.0. The number of carbonyl (C=O) groups is 5. The number of aliphatic carboxylic acids is 1. The highest BCUT2D eigenvalue weighted by molar-refractivity contribution is 5.95. The van der Waals surface area contributed by atoms with Crippen LogP contribution >= 0.6 is 0 Å². The fourth-order valence-corrected chi connectivity index (χ4v) is 3.87. The highest BCUT2D eigenvalue weighted by Crippen LogP contribution is 2.20. The second-order valence-corrected chi connectivity index (χ2v) is 8.66. The Morgan fingerprint density at radius 3 is 2.19 bits per heavy atom. The van der Waals surface area contributed by atoms with E-state index in [0.29, 0.717) is 38.6 Å². The summed E-state index contributed by atoms with van der Waals surface area (Å²) in [5.41, 5.74) is 27.0. The predicted molar refractivity (Wildman–Crippen MR) is 131 cm³/mol. The third kappa shape index (κ3) is 10.4. The number of hydrogen-bond donors (Lipinski definition) is 8. The maximum absolute atomic E-state index is 13.2. The van der Waals surface area contributed by atoms with Gasteiger partial charge in [-0.3, -0.25) is 24.2 Å². The number of hydrogen-bond acceptors (Lipinski definition) is 8. The molecule has 4 atom stereocenters. The number of unbranched alkanes of at least 4 members (excludes halogenated alkanes) is 1. The topological polar surface area (TPSA) is 275 Å². The lowest BCUT2D eigenvalue weighted by Gasteiger charge is -2.29. The summed E-state index contributed by atoms with van der Waals surface area (Å²) in [6.45, 7) is 0.833. The van der Waals surface area contributed by atoms with Gasteiger partial charge in [-0.15, -0.1) is 0 Å². The van der Waals surface area contributed by atoms with Gasteiger partial charge in [0.15, 0.2) is 5.96 Å². The molecule has 0 aliphatic carbocycles. The van der Waals surface area contributed by atoms with E-state index in [1.54, 1.807) is 0 Å². The minimum atomic E-state index is -1.27. The van der Waals surface area contributed by atoms with E-state index in [4.69, 9.17) is 28.7 Å². The van der Waals surface area contributed by atoms with Gasteiger partial charge in [-0.1, -0.05) is 0 Å². The van der Waals surface area contributed by atoms with Gasteiger partial charge in [-0.25, -0.2) is 4.79 Å². The molecule has 1 rings (SSSR count). The number of amides is 4. The van der Waals surface area contributed by atoms with Crippen LogP contribution in [0.5, 0.6) is 0 Å². The minimum Gasteiger partial charge on any atom is -0.480 e. The van der Waals surface area contributed by atoms with Gasteiger partial charge in [0.1, 0.15) is 18.1 Å². The molecule has 0 spiro atoms. The molecule has 1 heterocycles. The van der Waals surface area contributed by atoms with Crippen molar-refractivity contribution in [2.45, 2.75) is 75.5 Å². The number of nitrogens with one attached hydrogen (secondary N) is 2. The number of likely N-dealkylation sites (tertiary alicyclic amines) is 1. The van der Waals surface area contributed by atoms with Crippen molar-refractivity contribution < 1.29 is 29.1 Å². The van der Waals surface area contributed by atoms with E-state index in [0.717, 1.165) is 0 Å². The average molecular weight is 514 g/mol. The van der Waals surface area contributed by atoms with E-state index in [2.05, 4.69) is 15.6 Å². The molecule has 1 fully saturated rings. The number of aliphatic imine (C=N–C) groups is 1. The second kappa shape index (κ2) is 15.5. The maximum Gasteiger partial charge on any atom is 0.326 e. The molecule has 36 heavy (non-hydrogen) atoms. The Morgan fingerprint density at radius 1 is 0.972 bits per heavy atom. The van der Waals surface area contributed by atoms with Crippen molar-refractivity contribution in [1.82, 2.24) is 15.5 Å². The van der Waals surface area contributed by atoms with Crippen LogP contribution < -0.4 is 39.3 Å². The van der Waals surface area contributed by atoms with E-state index in [-0.39, 0.29) is 31.9 Å². The van der Waals surface area contributed by atoms with Gasteiger partial charge in [-0.2, -0.15) is 0 Å². The summed E-state index contributed by atoms with van der Waals surface area (Å²) in [5.74, 6) is -3.98. The molecule has 204 valence electrons. The lowest BCUT2D eigenvalue weighted by molar-refractivity contribution is -0.149. The van der Waals surface area contributed by atoms with Crippen LogP contribution in [-0.4, -0.2) is 89.4 Å². The molecule has 0 aromatic rings. The molecule has 0 aromatic carbocycles. The monoisotopic (exact) mass is 513 g/mol. The molecule has 0 bridgehead atoms. The lowest BCUT2D eigenvalue weighted by Crippen LogP contribution is -2.57. The summed E-state index contributed by atoms with van der Waals surface area (Å²) in [6.07, 6.45) is 2.20. The highest BCUT2D eigenvalue weighted by atomic mass is 16.4. The summed E-state index contributed by atoms with van der Waals surface area (Å²) in [6, 6.07) is -4.36. The average Bonchev–Trinajstić information content (AvgIpc) is 3.29. The summed E-state index contributed by atoms with van der Waals surface area (Å²) >= 11 is 0. The summed E-state index contributed by atoms with van der Waals surface area (Å²) < 4.78 is 0. The fraction of sp³-hybridized carbons (Fsp3) is 0.714. The van der Waals surface area contributed by atoms with Crippen LogP contribution in [0, 0.1) is 0 Å². The number of carboxylic acids is 1. The quantitative estimate of drug-likeness (QED) is 0.0570. The Balaban J connectivity index is 3.03. The third-order valence-electron chi connectivity index (χ3n) is 5.72. The molecular formula is C21H39N9O6. The van der Waals surface area contributed by atoms with E-state index >= 15 is 0 Å². The van der Waals surface area contributed by atoms with Crippen molar-refractivity contribution in [3.8, 4) is 0 Å². The van der Waals surface area contributed by atoms with Gasteiger partial charge < -0.3 is 49.3 Å². The Kier molecular flexibility index (Phi) is 13.2. The SMILES string of the molecule is NCCCCC(NC(=O)C(CCCN=C(N)N)NC(=O)C(N)CC(N)=O)C(=O)N1CCCC1C(=O)O.